The molecule has 2 aliphatic carbocycles. The maximum atomic E-state index is 14.4. The SMILES string of the molecule is CCC[C@H]1CC[C@H](CCCCCCC(OC(CCCCCC[C@H]2CC[C@H](CCC)CC2)c2ccc(F)c(F)c2)c2ccc(F)c(F)c2)CC1. The molecule has 1 nitrogen and oxygen atoms in total. The first-order valence-electron chi connectivity index (χ1n) is 20.4. The van der Waals surface area contributed by atoms with Gasteiger partial charge in [-0.25, -0.2) is 17.6 Å². The van der Waals surface area contributed by atoms with Crippen LogP contribution in [0.4, 0.5) is 17.6 Å². The van der Waals surface area contributed by atoms with Gasteiger partial charge in [0.1, 0.15) is 0 Å². The third kappa shape index (κ3) is 14.0. The highest BCUT2D eigenvalue weighted by atomic mass is 19.2. The lowest BCUT2D eigenvalue weighted by molar-refractivity contribution is -0.0267. The average Bonchev–Trinajstić information content (AvgIpc) is 3.10. The fourth-order valence-corrected chi connectivity index (χ4v) is 8.92. The maximum absolute atomic E-state index is 14.4. The molecule has 0 aromatic heterocycles. The summed E-state index contributed by atoms with van der Waals surface area (Å²) in [5.74, 6) is 0.0904. The fourth-order valence-electron chi connectivity index (χ4n) is 8.92. The molecule has 0 spiro atoms. The smallest absolute Gasteiger partial charge is 0.159 e. The van der Waals surface area contributed by atoms with E-state index in [1.807, 2.05) is 0 Å². The molecule has 4 rings (SSSR count). The summed E-state index contributed by atoms with van der Waals surface area (Å²) < 4.78 is 63.4. The molecule has 0 heterocycles. The molecule has 2 aliphatic rings. The van der Waals surface area contributed by atoms with Crippen LogP contribution in [-0.2, 0) is 4.74 Å². The van der Waals surface area contributed by atoms with E-state index in [1.165, 1.54) is 127 Å². The Balaban J connectivity index is 1.28. The Morgan fingerprint density at radius 1 is 0.469 bits per heavy atom. The topological polar surface area (TPSA) is 9.23 Å². The van der Waals surface area contributed by atoms with Crippen molar-refractivity contribution in [2.24, 2.45) is 23.7 Å². The number of hydrogen-bond acceptors (Lipinski definition) is 1. The Morgan fingerprint density at radius 3 is 1.16 bits per heavy atom. The van der Waals surface area contributed by atoms with Crippen LogP contribution in [0.1, 0.15) is 191 Å². The fraction of sp³-hybridized carbons (Fsp3) is 0.727. The molecular formula is C44H66F4O. The van der Waals surface area contributed by atoms with E-state index in [2.05, 4.69) is 13.8 Å². The highest BCUT2D eigenvalue weighted by Gasteiger charge is 2.24. The number of benzene rings is 2. The van der Waals surface area contributed by atoms with Gasteiger partial charge in [-0.15, -0.1) is 0 Å². The van der Waals surface area contributed by atoms with Gasteiger partial charge < -0.3 is 4.74 Å². The summed E-state index contributed by atoms with van der Waals surface area (Å²) >= 11 is 0. The van der Waals surface area contributed by atoms with Crippen LogP contribution in [0.25, 0.3) is 0 Å². The zero-order valence-electron chi connectivity index (χ0n) is 30.8. The van der Waals surface area contributed by atoms with Crippen LogP contribution in [0.15, 0.2) is 36.4 Å². The summed E-state index contributed by atoms with van der Waals surface area (Å²) in [6.07, 6.45) is 28.2. The molecule has 49 heavy (non-hydrogen) atoms. The van der Waals surface area contributed by atoms with Gasteiger partial charge >= 0.3 is 0 Å². The van der Waals surface area contributed by atoms with Gasteiger partial charge in [0.2, 0.25) is 0 Å². The zero-order valence-corrected chi connectivity index (χ0v) is 30.8. The monoisotopic (exact) mass is 687 g/mol. The molecule has 2 unspecified atom stereocenters. The minimum Gasteiger partial charge on any atom is -0.366 e. The third-order valence-electron chi connectivity index (χ3n) is 11.9. The lowest BCUT2D eigenvalue weighted by Crippen LogP contribution is -2.14. The van der Waals surface area contributed by atoms with Crippen molar-refractivity contribution in [2.45, 2.75) is 180 Å². The summed E-state index contributed by atoms with van der Waals surface area (Å²) in [5.41, 5.74) is 1.20. The summed E-state index contributed by atoms with van der Waals surface area (Å²) in [4.78, 5) is 0. The Kier molecular flexibility index (Phi) is 18.0. The van der Waals surface area contributed by atoms with E-state index in [4.69, 9.17) is 4.74 Å². The second-order valence-electron chi connectivity index (χ2n) is 15.8. The molecule has 0 bridgehead atoms. The molecule has 276 valence electrons. The quantitative estimate of drug-likeness (QED) is 0.0885. The molecule has 2 atom stereocenters. The van der Waals surface area contributed by atoms with Crippen LogP contribution >= 0.6 is 0 Å². The minimum atomic E-state index is -0.886. The molecule has 2 aromatic rings. The average molecular weight is 687 g/mol. The zero-order chi connectivity index (χ0) is 34.8. The summed E-state index contributed by atoms with van der Waals surface area (Å²) in [6.45, 7) is 4.58. The normalized spacial score (nSPS) is 22.7. The van der Waals surface area contributed by atoms with E-state index < -0.39 is 35.5 Å². The van der Waals surface area contributed by atoms with E-state index in [-0.39, 0.29) is 0 Å². The molecule has 0 saturated heterocycles. The van der Waals surface area contributed by atoms with Crippen molar-refractivity contribution in [3.63, 3.8) is 0 Å². The van der Waals surface area contributed by atoms with Crippen LogP contribution in [0.3, 0.4) is 0 Å². The maximum Gasteiger partial charge on any atom is 0.159 e. The Hall–Kier alpha value is -1.88. The first-order valence-corrected chi connectivity index (χ1v) is 20.4. The first kappa shape index (κ1) is 39.9. The van der Waals surface area contributed by atoms with Crippen LogP contribution in [0, 0.1) is 46.9 Å². The van der Waals surface area contributed by atoms with Crippen molar-refractivity contribution in [1.29, 1.82) is 0 Å². The van der Waals surface area contributed by atoms with Crippen molar-refractivity contribution >= 4 is 0 Å². The summed E-state index contributed by atoms with van der Waals surface area (Å²) in [6, 6.07) is 8.03. The first-order chi connectivity index (χ1) is 23.9. The highest BCUT2D eigenvalue weighted by Crippen LogP contribution is 2.38. The second-order valence-corrected chi connectivity index (χ2v) is 15.8. The van der Waals surface area contributed by atoms with E-state index in [0.717, 1.165) is 62.2 Å². The van der Waals surface area contributed by atoms with Crippen molar-refractivity contribution in [1.82, 2.24) is 0 Å². The summed E-state index contributed by atoms with van der Waals surface area (Å²) in [5, 5.41) is 0. The molecule has 0 amide bonds. The molecule has 2 fully saturated rings. The van der Waals surface area contributed by atoms with Crippen molar-refractivity contribution in [2.75, 3.05) is 0 Å². The van der Waals surface area contributed by atoms with Crippen molar-refractivity contribution < 1.29 is 22.3 Å². The third-order valence-corrected chi connectivity index (χ3v) is 11.9. The molecule has 0 radical (unpaired) electrons. The second kappa shape index (κ2) is 22.1. The predicted octanol–water partition coefficient (Wildman–Crippen LogP) is 14.9. The number of unbranched alkanes of at least 4 members (excludes halogenated alkanes) is 6. The van der Waals surface area contributed by atoms with Crippen LogP contribution in [0.2, 0.25) is 0 Å². The van der Waals surface area contributed by atoms with Gasteiger partial charge in [-0.2, -0.15) is 0 Å². The van der Waals surface area contributed by atoms with Crippen molar-refractivity contribution in [3.8, 4) is 0 Å². The van der Waals surface area contributed by atoms with Gasteiger partial charge in [-0.3, -0.25) is 0 Å². The highest BCUT2D eigenvalue weighted by molar-refractivity contribution is 5.23. The van der Waals surface area contributed by atoms with Gasteiger partial charge in [0.25, 0.3) is 0 Å². The Bertz CT molecular complexity index is 1090. The van der Waals surface area contributed by atoms with Gasteiger partial charge in [0.15, 0.2) is 23.3 Å². The van der Waals surface area contributed by atoms with Crippen molar-refractivity contribution in [3.05, 3.63) is 70.8 Å². The Morgan fingerprint density at radius 2 is 0.816 bits per heavy atom. The molecule has 0 N–H and O–H groups in total. The van der Waals surface area contributed by atoms with Crippen LogP contribution in [0.5, 0.6) is 0 Å². The molecule has 2 saturated carbocycles. The van der Waals surface area contributed by atoms with Gasteiger partial charge in [0.05, 0.1) is 12.2 Å². The van der Waals surface area contributed by atoms with E-state index in [0.29, 0.717) is 24.0 Å². The number of halogens is 4. The standard InChI is InChI=1S/C44H66F4O/c1-3-13-33-19-23-35(24-20-33)15-9-5-7-11-17-43(37-27-29-39(45)41(47)31-37)49-44(38-28-30-40(46)42(48)32-38)18-12-8-6-10-16-36-25-21-34(14-4-2)22-26-36/h27-36,43-44H,3-26H2,1-2H3/t33-,34-,35-,36-,43?,44?. The Labute approximate surface area is 296 Å². The van der Waals surface area contributed by atoms with E-state index in [9.17, 15) is 17.6 Å². The lowest BCUT2D eigenvalue weighted by Gasteiger charge is -2.28. The number of hydrogen-bond donors (Lipinski definition) is 0. The van der Waals surface area contributed by atoms with Gasteiger partial charge in [-0.1, -0.05) is 167 Å². The molecular weight excluding hydrogens is 620 g/mol. The molecule has 0 aliphatic heterocycles. The predicted molar refractivity (Wildman–Crippen MR) is 195 cm³/mol. The minimum absolute atomic E-state index is 0.454. The largest absolute Gasteiger partial charge is 0.366 e. The molecule has 2 aromatic carbocycles. The summed E-state index contributed by atoms with van der Waals surface area (Å²) in [7, 11) is 0. The van der Waals surface area contributed by atoms with Crippen LogP contribution in [-0.4, -0.2) is 0 Å². The number of ether oxygens (including phenoxy) is 1. The van der Waals surface area contributed by atoms with Crippen LogP contribution < -0.4 is 0 Å². The van der Waals surface area contributed by atoms with Gasteiger partial charge in [-0.05, 0) is 71.9 Å². The van der Waals surface area contributed by atoms with E-state index in [1.54, 1.807) is 12.1 Å². The van der Waals surface area contributed by atoms with Gasteiger partial charge in [0, 0.05) is 0 Å². The lowest BCUT2D eigenvalue weighted by atomic mass is 9.78. The molecule has 5 heteroatoms. The number of rotatable bonds is 22. The van der Waals surface area contributed by atoms with E-state index >= 15 is 0 Å².